The van der Waals surface area contributed by atoms with Gasteiger partial charge in [-0.3, -0.25) is 0 Å². The monoisotopic (exact) mass is 573 g/mol. The molecular weight excluding hydrogens is 545 g/mol. The Labute approximate surface area is 212 Å². The lowest BCUT2D eigenvalue weighted by Crippen LogP contribution is -2.39. The number of thiazole rings is 1. The minimum absolute atomic E-state index is 0.0790. The maximum absolute atomic E-state index is 12.6. The van der Waals surface area contributed by atoms with Crippen LogP contribution in [0.5, 0.6) is 5.75 Å². The number of halogens is 1. The van der Waals surface area contributed by atoms with Gasteiger partial charge in [0.15, 0.2) is 0 Å². The Kier molecular flexibility index (Phi) is 6.60. The van der Waals surface area contributed by atoms with Gasteiger partial charge in [0.1, 0.15) is 10.8 Å². The van der Waals surface area contributed by atoms with E-state index in [-0.39, 0.29) is 18.2 Å². The molecule has 7 heteroatoms. The van der Waals surface area contributed by atoms with E-state index in [1.165, 1.54) is 21.6 Å². The summed E-state index contributed by atoms with van der Waals surface area (Å²) < 4.78 is 6.96. The second-order valence-corrected chi connectivity index (χ2v) is 11.1. The summed E-state index contributed by atoms with van der Waals surface area (Å²) in [6.45, 7) is 5.83. The Morgan fingerprint density at radius 1 is 1.24 bits per heavy atom. The molecule has 3 aromatic rings. The largest absolute Gasteiger partial charge is 0.490 e. The maximum atomic E-state index is 12.6. The zero-order valence-electron chi connectivity index (χ0n) is 18.9. The van der Waals surface area contributed by atoms with Crippen molar-refractivity contribution in [2.45, 2.75) is 51.7 Å². The van der Waals surface area contributed by atoms with Gasteiger partial charge in [-0.25, -0.2) is 9.78 Å². The minimum atomic E-state index is 0.0790. The van der Waals surface area contributed by atoms with E-state index in [4.69, 9.17) is 9.72 Å². The van der Waals surface area contributed by atoms with Crippen molar-refractivity contribution >= 4 is 40.0 Å². The van der Waals surface area contributed by atoms with Gasteiger partial charge in [-0.2, -0.15) is 0 Å². The topological polar surface area (TPSA) is 54.5 Å². The zero-order valence-corrected chi connectivity index (χ0v) is 21.9. The van der Waals surface area contributed by atoms with Gasteiger partial charge < -0.3 is 15.0 Å². The fourth-order valence-corrected chi connectivity index (χ4v) is 6.32. The van der Waals surface area contributed by atoms with Crippen LogP contribution in [0.3, 0.4) is 0 Å². The van der Waals surface area contributed by atoms with Crippen molar-refractivity contribution in [1.82, 2.24) is 15.2 Å². The highest BCUT2D eigenvalue weighted by molar-refractivity contribution is 14.1. The molecule has 33 heavy (non-hydrogen) atoms. The smallest absolute Gasteiger partial charge is 0.317 e. The first-order valence-corrected chi connectivity index (χ1v) is 13.5. The molecule has 1 aliphatic heterocycles. The SMILES string of the molecule is CC(C)Oc1ccc(-c2ncc(-c3cccc4c3CC[C@@H]4NC(=O)N3CCCC3)s2)cc1I. The van der Waals surface area contributed by atoms with Crippen molar-refractivity contribution in [3.63, 3.8) is 0 Å². The first-order chi connectivity index (χ1) is 16.0. The highest BCUT2D eigenvalue weighted by atomic mass is 127. The molecule has 1 aromatic heterocycles. The fourth-order valence-electron chi connectivity index (χ4n) is 4.71. The van der Waals surface area contributed by atoms with E-state index in [9.17, 15) is 4.79 Å². The number of hydrogen-bond donors (Lipinski definition) is 1. The van der Waals surface area contributed by atoms with Crippen molar-refractivity contribution in [2.75, 3.05) is 13.1 Å². The van der Waals surface area contributed by atoms with E-state index >= 15 is 0 Å². The zero-order chi connectivity index (χ0) is 22.9. The summed E-state index contributed by atoms with van der Waals surface area (Å²) in [6, 6.07) is 12.9. The first-order valence-electron chi connectivity index (χ1n) is 11.6. The van der Waals surface area contributed by atoms with Crippen molar-refractivity contribution in [3.8, 4) is 26.8 Å². The van der Waals surface area contributed by atoms with E-state index in [2.05, 4.69) is 58.2 Å². The van der Waals surface area contributed by atoms with E-state index in [1.807, 2.05) is 31.0 Å². The third-order valence-corrected chi connectivity index (χ3v) is 8.20. The number of benzene rings is 2. The van der Waals surface area contributed by atoms with E-state index in [0.717, 1.165) is 58.7 Å². The van der Waals surface area contributed by atoms with Crippen LogP contribution in [0.1, 0.15) is 50.3 Å². The van der Waals surface area contributed by atoms with Gasteiger partial charge >= 0.3 is 6.03 Å². The summed E-state index contributed by atoms with van der Waals surface area (Å²) in [5.41, 5.74) is 4.94. The van der Waals surface area contributed by atoms with Gasteiger partial charge in [0.2, 0.25) is 0 Å². The highest BCUT2D eigenvalue weighted by Crippen LogP contribution is 2.41. The number of fused-ring (bicyclic) bond motifs is 1. The number of amides is 2. The molecule has 2 amide bonds. The Bertz CT molecular complexity index is 1170. The number of urea groups is 1. The highest BCUT2D eigenvalue weighted by Gasteiger charge is 2.29. The number of nitrogens with zero attached hydrogens (tertiary/aromatic N) is 2. The number of aromatic nitrogens is 1. The predicted octanol–water partition coefficient (Wildman–Crippen LogP) is 6.66. The third-order valence-electron chi connectivity index (χ3n) is 6.27. The number of nitrogens with one attached hydrogen (secondary N) is 1. The molecule has 1 fully saturated rings. The van der Waals surface area contributed by atoms with Crippen LogP contribution in [0.4, 0.5) is 4.79 Å². The molecule has 0 unspecified atom stereocenters. The summed E-state index contributed by atoms with van der Waals surface area (Å²) in [7, 11) is 0. The normalized spacial score (nSPS) is 17.5. The van der Waals surface area contributed by atoms with Gasteiger partial charge in [-0.05, 0) is 97.0 Å². The van der Waals surface area contributed by atoms with Crippen LogP contribution >= 0.6 is 33.9 Å². The molecule has 2 heterocycles. The Hall–Kier alpha value is -2.13. The lowest BCUT2D eigenvalue weighted by atomic mass is 10.0. The molecule has 1 atom stereocenters. The molecule has 0 saturated carbocycles. The van der Waals surface area contributed by atoms with Gasteiger partial charge in [0, 0.05) is 24.8 Å². The van der Waals surface area contributed by atoms with Crippen molar-refractivity contribution in [2.24, 2.45) is 0 Å². The number of carbonyl (C=O) groups is 1. The molecule has 1 N–H and O–H groups in total. The van der Waals surface area contributed by atoms with Crippen LogP contribution in [0.2, 0.25) is 0 Å². The van der Waals surface area contributed by atoms with Gasteiger partial charge in [0.05, 0.1) is 20.6 Å². The maximum Gasteiger partial charge on any atom is 0.317 e. The van der Waals surface area contributed by atoms with Crippen molar-refractivity contribution in [1.29, 1.82) is 0 Å². The van der Waals surface area contributed by atoms with Gasteiger partial charge in [0.25, 0.3) is 0 Å². The van der Waals surface area contributed by atoms with Crippen LogP contribution in [0, 0.1) is 3.57 Å². The molecule has 1 saturated heterocycles. The Morgan fingerprint density at radius 2 is 2.06 bits per heavy atom. The lowest BCUT2D eigenvalue weighted by Gasteiger charge is -2.21. The van der Waals surface area contributed by atoms with Crippen LogP contribution in [0.25, 0.3) is 21.0 Å². The molecule has 0 spiro atoms. The number of ether oxygens (including phenoxy) is 1. The minimum Gasteiger partial charge on any atom is -0.490 e. The number of likely N-dealkylation sites (tertiary alicyclic amines) is 1. The Morgan fingerprint density at radius 3 is 2.82 bits per heavy atom. The van der Waals surface area contributed by atoms with E-state index < -0.39 is 0 Å². The average Bonchev–Trinajstić information content (AvgIpc) is 3.56. The number of hydrogen-bond acceptors (Lipinski definition) is 4. The van der Waals surface area contributed by atoms with Crippen LogP contribution in [-0.2, 0) is 6.42 Å². The average molecular weight is 574 g/mol. The summed E-state index contributed by atoms with van der Waals surface area (Å²) in [5, 5.41) is 4.28. The van der Waals surface area contributed by atoms with Gasteiger partial charge in [-0.15, -0.1) is 11.3 Å². The molecule has 0 bridgehead atoms. The molecule has 2 aromatic carbocycles. The second kappa shape index (κ2) is 9.62. The van der Waals surface area contributed by atoms with E-state index in [1.54, 1.807) is 11.3 Å². The van der Waals surface area contributed by atoms with Crippen molar-refractivity contribution in [3.05, 3.63) is 57.3 Å². The molecule has 5 rings (SSSR count). The molecule has 1 aliphatic carbocycles. The molecule has 172 valence electrons. The molecule has 5 nitrogen and oxygen atoms in total. The van der Waals surface area contributed by atoms with Crippen LogP contribution in [0.15, 0.2) is 42.6 Å². The fraction of sp³-hybridized carbons (Fsp3) is 0.385. The molecule has 0 radical (unpaired) electrons. The summed E-state index contributed by atoms with van der Waals surface area (Å²) in [6.07, 6.45) is 6.28. The Balaban J connectivity index is 1.37. The first kappa shape index (κ1) is 22.7. The van der Waals surface area contributed by atoms with Crippen LogP contribution < -0.4 is 10.1 Å². The van der Waals surface area contributed by atoms with E-state index in [0.29, 0.717) is 0 Å². The second-order valence-electron chi connectivity index (χ2n) is 8.95. The third kappa shape index (κ3) is 4.75. The summed E-state index contributed by atoms with van der Waals surface area (Å²) in [5.74, 6) is 0.911. The quantitative estimate of drug-likeness (QED) is 0.348. The number of carbonyl (C=O) groups excluding carboxylic acids is 1. The summed E-state index contributed by atoms with van der Waals surface area (Å²) >= 11 is 4.05. The molecule has 2 aliphatic rings. The standard InChI is InChI=1S/C26H28IN3O2S/c1-16(2)32-23-11-8-17(14-21(23)27)25-28-15-24(33-25)20-7-5-6-19-18(20)9-10-22(19)29-26(31)30-12-3-4-13-30/h5-8,11,14-16,22H,3-4,9-10,12-13H2,1-2H3,(H,29,31)/t22-/m0/s1. The molecular formula is C26H28IN3O2S. The van der Waals surface area contributed by atoms with Gasteiger partial charge in [-0.1, -0.05) is 18.2 Å². The van der Waals surface area contributed by atoms with Crippen molar-refractivity contribution < 1.29 is 9.53 Å². The number of rotatable bonds is 5. The predicted molar refractivity (Wildman–Crippen MR) is 142 cm³/mol. The van der Waals surface area contributed by atoms with Crippen LogP contribution in [-0.4, -0.2) is 35.1 Å². The lowest BCUT2D eigenvalue weighted by molar-refractivity contribution is 0.204. The summed E-state index contributed by atoms with van der Waals surface area (Å²) in [4.78, 5) is 20.5.